The summed E-state index contributed by atoms with van der Waals surface area (Å²) < 4.78 is 6.98. The molecule has 2 unspecified atom stereocenters. The maximum absolute atomic E-state index is 5.87. The molecule has 1 fully saturated rings. The van der Waals surface area contributed by atoms with Crippen molar-refractivity contribution in [3.63, 3.8) is 0 Å². The summed E-state index contributed by atoms with van der Waals surface area (Å²) in [6.07, 6.45) is 0.222. The van der Waals surface area contributed by atoms with Gasteiger partial charge in [-0.2, -0.15) is 0 Å². The maximum atomic E-state index is 5.87. The molecule has 1 aliphatic rings. The minimum absolute atomic E-state index is 0.222. The van der Waals surface area contributed by atoms with E-state index in [1.807, 2.05) is 0 Å². The van der Waals surface area contributed by atoms with Crippen LogP contribution in [-0.2, 0) is 4.74 Å². The standard InChI is InChI=1S/C13H19BrN2O/c1-16(2)13(12-9-15-7-8-17-12)10-3-5-11(14)6-4-10/h3-6,12-13,15H,7-9H2,1-2H3. The number of morpholine rings is 1. The predicted octanol–water partition coefficient (Wildman–Crippen LogP) is 2.04. The van der Waals surface area contributed by atoms with E-state index in [0.717, 1.165) is 24.2 Å². The Kier molecular flexibility index (Phi) is 4.56. The quantitative estimate of drug-likeness (QED) is 0.924. The number of nitrogens with one attached hydrogen (secondary N) is 1. The fourth-order valence-electron chi connectivity index (χ4n) is 2.29. The van der Waals surface area contributed by atoms with Crippen molar-refractivity contribution >= 4 is 15.9 Å². The van der Waals surface area contributed by atoms with E-state index < -0.39 is 0 Å². The zero-order valence-electron chi connectivity index (χ0n) is 10.3. The highest BCUT2D eigenvalue weighted by Gasteiger charge is 2.27. The van der Waals surface area contributed by atoms with Crippen LogP contribution in [-0.4, -0.2) is 44.8 Å². The van der Waals surface area contributed by atoms with Crippen LogP contribution in [0.15, 0.2) is 28.7 Å². The molecule has 2 rings (SSSR count). The summed E-state index contributed by atoms with van der Waals surface area (Å²) in [4.78, 5) is 2.22. The lowest BCUT2D eigenvalue weighted by molar-refractivity contribution is -0.0211. The van der Waals surface area contributed by atoms with E-state index in [9.17, 15) is 0 Å². The van der Waals surface area contributed by atoms with Gasteiger partial charge in [-0.05, 0) is 31.8 Å². The van der Waals surface area contributed by atoms with Crippen LogP contribution in [0.1, 0.15) is 11.6 Å². The summed E-state index contributed by atoms with van der Waals surface area (Å²) in [7, 11) is 4.20. The molecule has 1 aromatic rings. The smallest absolute Gasteiger partial charge is 0.0896 e. The van der Waals surface area contributed by atoms with Gasteiger partial charge in [0.05, 0.1) is 18.8 Å². The van der Waals surface area contributed by atoms with Gasteiger partial charge in [0.15, 0.2) is 0 Å². The molecule has 17 heavy (non-hydrogen) atoms. The second-order valence-electron chi connectivity index (χ2n) is 4.57. The highest BCUT2D eigenvalue weighted by molar-refractivity contribution is 9.10. The lowest BCUT2D eigenvalue weighted by Crippen LogP contribution is -2.45. The van der Waals surface area contributed by atoms with Gasteiger partial charge in [0.25, 0.3) is 0 Å². The van der Waals surface area contributed by atoms with Gasteiger partial charge < -0.3 is 15.0 Å². The van der Waals surface area contributed by atoms with Gasteiger partial charge in [-0.3, -0.25) is 0 Å². The second kappa shape index (κ2) is 5.96. The summed E-state index contributed by atoms with van der Waals surface area (Å²) in [5, 5.41) is 3.39. The van der Waals surface area contributed by atoms with Gasteiger partial charge in [-0.15, -0.1) is 0 Å². The second-order valence-corrected chi connectivity index (χ2v) is 5.49. The van der Waals surface area contributed by atoms with Gasteiger partial charge in [-0.1, -0.05) is 28.1 Å². The SMILES string of the molecule is CN(C)C(c1ccc(Br)cc1)C1CNCCO1. The lowest BCUT2D eigenvalue weighted by Gasteiger charge is -2.35. The summed E-state index contributed by atoms with van der Waals surface area (Å²) in [6, 6.07) is 8.79. The summed E-state index contributed by atoms with van der Waals surface area (Å²) in [6.45, 7) is 2.67. The van der Waals surface area contributed by atoms with Crippen molar-refractivity contribution < 1.29 is 4.74 Å². The Hall–Kier alpha value is -0.420. The zero-order chi connectivity index (χ0) is 12.3. The van der Waals surface area contributed by atoms with E-state index in [1.54, 1.807) is 0 Å². The Morgan fingerprint density at radius 3 is 2.59 bits per heavy atom. The molecule has 0 amide bonds. The first kappa shape index (κ1) is 13.0. The third-order valence-corrected chi connectivity index (χ3v) is 3.60. The van der Waals surface area contributed by atoms with E-state index in [0.29, 0.717) is 6.04 Å². The summed E-state index contributed by atoms with van der Waals surface area (Å²) in [5.74, 6) is 0. The maximum Gasteiger partial charge on any atom is 0.0896 e. The average molecular weight is 299 g/mol. The molecule has 4 heteroatoms. The van der Waals surface area contributed by atoms with Crippen molar-refractivity contribution in [2.45, 2.75) is 12.1 Å². The normalized spacial score (nSPS) is 22.7. The molecule has 1 heterocycles. The van der Waals surface area contributed by atoms with Crippen LogP contribution in [0.2, 0.25) is 0 Å². The Balaban J connectivity index is 2.18. The topological polar surface area (TPSA) is 24.5 Å². The molecule has 1 aliphatic heterocycles. The Morgan fingerprint density at radius 2 is 2.06 bits per heavy atom. The number of nitrogens with zero attached hydrogens (tertiary/aromatic N) is 1. The molecule has 1 aromatic carbocycles. The molecule has 0 aliphatic carbocycles. The summed E-state index contributed by atoms with van der Waals surface area (Å²) in [5.41, 5.74) is 1.30. The number of ether oxygens (including phenoxy) is 1. The minimum Gasteiger partial charge on any atom is -0.374 e. The molecule has 2 atom stereocenters. The Morgan fingerprint density at radius 1 is 1.35 bits per heavy atom. The van der Waals surface area contributed by atoms with Crippen LogP contribution in [0.4, 0.5) is 0 Å². The van der Waals surface area contributed by atoms with Crippen LogP contribution in [0, 0.1) is 0 Å². The number of hydrogen-bond donors (Lipinski definition) is 1. The Labute approximate surface area is 111 Å². The van der Waals surface area contributed by atoms with Crippen molar-refractivity contribution in [1.82, 2.24) is 10.2 Å². The van der Waals surface area contributed by atoms with E-state index in [4.69, 9.17) is 4.74 Å². The van der Waals surface area contributed by atoms with Crippen LogP contribution in [0.5, 0.6) is 0 Å². The zero-order valence-corrected chi connectivity index (χ0v) is 11.9. The molecule has 0 radical (unpaired) electrons. The molecule has 1 N–H and O–H groups in total. The number of halogens is 1. The van der Waals surface area contributed by atoms with Crippen LogP contribution in [0.3, 0.4) is 0 Å². The van der Waals surface area contributed by atoms with Crippen molar-refractivity contribution in [2.75, 3.05) is 33.8 Å². The molecule has 3 nitrogen and oxygen atoms in total. The van der Waals surface area contributed by atoms with Crippen LogP contribution >= 0.6 is 15.9 Å². The minimum atomic E-state index is 0.222. The first-order chi connectivity index (χ1) is 8.18. The number of rotatable bonds is 3. The summed E-state index contributed by atoms with van der Waals surface area (Å²) >= 11 is 3.47. The van der Waals surface area contributed by atoms with Crippen molar-refractivity contribution in [2.24, 2.45) is 0 Å². The average Bonchev–Trinajstić information content (AvgIpc) is 2.33. The fraction of sp³-hybridized carbons (Fsp3) is 0.538. The van der Waals surface area contributed by atoms with Crippen molar-refractivity contribution in [1.29, 1.82) is 0 Å². The van der Waals surface area contributed by atoms with Crippen LogP contribution in [0.25, 0.3) is 0 Å². The number of likely N-dealkylation sites (N-methyl/N-ethyl adjacent to an activating group) is 1. The molecular formula is C13H19BrN2O. The van der Waals surface area contributed by atoms with Gasteiger partial charge >= 0.3 is 0 Å². The van der Waals surface area contributed by atoms with E-state index in [1.165, 1.54) is 5.56 Å². The fourth-order valence-corrected chi connectivity index (χ4v) is 2.56. The van der Waals surface area contributed by atoms with E-state index >= 15 is 0 Å². The molecule has 0 aromatic heterocycles. The van der Waals surface area contributed by atoms with Gasteiger partial charge in [0.1, 0.15) is 0 Å². The van der Waals surface area contributed by atoms with Crippen molar-refractivity contribution in [3.05, 3.63) is 34.3 Å². The molecule has 94 valence electrons. The van der Waals surface area contributed by atoms with Gasteiger partial charge in [0, 0.05) is 17.6 Å². The highest BCUT2D eigenvalue weighted by Crippen LogP contribution is 2.26. The third kappa shape index (κ3) is 3.28. The predicted molar refractivity (Wildman–Crippen MR) is 73.2 cm³/mol. The van der Waals surface area contributed by atoms with Crippen molar-refractivity contribution in [3.8, 4) is 0 Å². The first-order valence-corrected chi connectivity index (χ1v) is 6.72. The third-order valence-electron chi connectivity index (χ3n) is 3.08. The van der Waals surface area contributed by atoms with E-state index in [-0.39, 0.29) is 6.10 Å². The lowest BCUT2D eigenvalue weighted by atomic mass is 9.99. The monoisotopic (exact) mass is 298 g/mol. The van der Waals surface area contributed by atoms with Gasteiger partial charge in [-0.25, -0.2) is 0 Å². The van der Waals surface area contributed by atoms with E-state index in [2.05, 4.69) is 64.5 Å². The highest BCUT2D eigenvalue weighted by atomic mass is 79.9. The first-order valence-electron chi connectivity index (χ1n) is 5.92. The molecule has 0 saturated carbocycles. The molecule has 0 bridgehead atoms. The van der Waals surface area contributed by atoms with Gasteiger partial charge in [0.2, 0.25) is 0 Å². The number of hydrogen-bond acceptors (Lipinski definition) is 3. The molecule has 1 saturated heterocycles. The molecular weight excluding hydrogens is 280 g/mol. The van der Waals surface area contributed by atoms with Crippen LogP contribution < -0.4 is 5.32 Å². The molecule has 0 spiro atoms. The Bertz CT molecular complexity index is 347. The largest absolute Gasteiger partial charge is 0.374 e. The number of benzene rings is 1.